The van der Waals surface area contributed by atoms with Crippen molar-refractivity contribution >= 4 is 34.7 Å². The smallest absolute Gasteiger partial charge is 0.324 e. The third kappa shape index (κ3) is 5.02. The summed E-state index contributed by atoms with van der Waals surface area (Å²) in [6, 6.07) is 9.72. The Labute approximate surface area is 237 Å². The van der Waals surface area contributed by atoms with Crippen LogP contribution < -0.4 is 20.0 Å². The highest BCUT2D eigenvalue weighted by atomic mass is 35.5. The Balaban J connectivity index is 1.41. The summed E-state index contributed by atoms with van der Waals surface area (Å²) in [4.78, 5) is 25.0. The van der Waals surface area contributed by atoms with Crippen LogP contribution in [0.25, 0.3) is 22.4 Å². The Morgan fingerprint density at radius 2 is 1.70 bits per heavy atom. The van der Waals surface area contributed by atoms with Gasteiger partial charge in [0.15, 0.2) is 0 Å². The molecule has 3 aliphatic rings. The maximum atomic E-state index is 15.2. The maximum absolute atomic E-state index is 15.2. The minimum Gasteiger partial charge on any atom is -0.507 e. The molecule has 0 aliphatic carbocycles. The third-order valence-corrected chi connectivity index (χ3v) is 8.09. The summed E-state index contributed by atoms with van der Waals surface area (Å²) in [7, 11) is 1.74. The quantitative estimate of drug-likeness (QED) is 0.482. The first-order chi connectivity index (χ1) is 19.4. The summed E-state index contributed by atoms with van der Waals surface area (Å²) in [5.41, 5.74) is 4.08. The van der Waals surface area contributed by atoms with Crippen LogP contribution in [0.1, 0.15) is 0 Å². The molecule has 210 valence electrons. The van der Waals surface area contributed by atoms with Gasteiger partial charge in [-0.3, -0.25) is 9.88 Å². The maximum Gasteiger partial charge on any atom is 0.324 e. The molecule has 6 rings (SSSR count). The number of nitrogens with zero attached hydrogens (tertiary/aromatic N) is 5. The van der Waals surface area contributed by atoms with Crippen molar-refractivity contribution in [3.05, 3.63) is 53.4 Å². The normalized spacial score (nSPS) is 18.1. The average molecular weight is 567 g/mol. The Morgan fingerprint density at radius 3 is 2.40 bits per heavy atom. The first-order valence-corrected chi connectivity index (χ1v) is 13.9. The van der Waals surface area contributed by atoms with E-state index in [-0.39, 0.29) is 11.8 Å². The lowest BCUT2D eigenvalue weighted by Gasteiger charge is -2.33. The number of benzene rings is 2. The molecule has 11 heteroatoms. The fraction of sp³-hybridized carbons (Fsp3) is 0.379. The van der Waals surface area contributed by atoms with Crippen LogP contribution in [0.5, 0.6) is 5.75 Å². The first kappa shape index (κ1) is 26.6. The van der Waals surface area contributed by atoms with E-state index in [4.69, 9.17) is 21.3 Å². The molecule has 3 aromatic rings. The number of phenols is 1. The van der Waals surface area contributed by atoms with E-state index in [2.05, 4.69) is 21.2 Å². The molecule has 0 radical (unpaired) electrons. The summed E-state index contributed by atoms with van der Waals surface area (Å²) in [6.45, 7) is 7.18. The van der Waals surface area contributed by atoms with Crippen LogP contribution in [0, 0.1) is 5.82 Å². The Morgan fingerprint density at radius 1 is 0.950 bits per heavy atom. The minimum atomic E-state index is -0.496. The van der Waals surface area contributed by atoms with Gasteiger partial charge in [-0.25, -0.2) is 9.18 Å². The van der Waals surface area contributed by atoms with Gasteiger partial charge in [-0.05, 0) is 35.9 Å². The second kappa shape index (κ2) is 11.1. The summed E-state index contributed by atoms with van der Waals surface area (Å²) in [5, 5.41) is 15.2. The summed E-state index contributed by atoms with van der Waals surface area (Å²) in [5.74, 6) is -0.574. The van der Waals surface area contributed by atoms with Crippen LogP contribution in [-0.2, 0) is 4.74 Å². The lowest BCUT2D eigenvalue weighted by atomic mass is 9.97. The van der Waals surface area contributed by atoms with Crippen molar-refractivity contribution < 1.29 is 19.0 Å². The van der Waals surface area contributed by atoms with Crippen LogP contribution in [0.4, 0.5) is 26.2 Å². The number of aromatic nitrogens is 1. The van der Waals surface area contributed by atoms with E-state index in [9.17, 15) is 9.90 Å². The van der Waals surface area contributed by atoms with Crippen molar-refractivity contribution in [2.75, 3.05) is 87.3 Å². The van der Waals surface area contributed by atoms with E-state index in [0.29, 0.717) is 59.4 Å². The number of phenolic OH excluding ortho intramolecular Hbond substituents is 1. The van der Waals surface area contributed by atoms with E-state index in [0.717, 1.165) is 50.6 Å². The lowest BCUT2D eigenvalue weighted by Crippen LogP contribution is -2.44. The van der Waals surface area contributed by atoms with E-state index in [1.54, 1.807) is 41.2 Å². The highest BCUT2D eigenvalue weighted by molar-refractivity contribution is 6.34. The number of nitrogens with one attached hydrogen (secondary N) is 1. The number of anilines is 3. The van der Waals surface area contributed by atoms with E-state index in [1.165, 1.54) is 12.1 Å². The summed E-state index contributed by atoms with van der Waals surface area (Å²) >= 11 is 6.61. The van der Waals surface area contributed by atoms with Crippen molar-refractivity contribution in [2.45, 2.75) is 0 Å². The molecule has 9 nitrogen and oxygen atoms in total. The number of morpholine rings is 1. The molecule has 40 heavy (non-hydrogen) atoms. The first-order valence-electron chi connectivity index (χ1n) is 13.5. The number of carbonyl (C=O) groups is 1. The van der Waals surface area contributed by atoms with Crippen molar-refractivity contribution in [2.24, 2.45) is 0 Å². The number of hydrogen-bond donors (Lipinski definition) is 2. The highest BCUT2D eigenvalue weighted by Gasteiger charge is 2.29. The fourth-order valence-electron chi connectivity index (χ4n) is 5.56. The molecular formula is C29H32ClFN6O3. The van der Waals surface area contributed by atoms with Gasteiger partial charge >= 0.3 is 6.03 Å². The molecule has 3 saturated heterocycles. The molecule has 0 unspecified atom stereocenters. The number of ether oxygens (including phenoxy) is 1. The van der Waals surface area contributed by atoms with Gasteiger partial charge in [-0.15, -0.1) is 0 Å². The number of urea groups is 1. The van der Waals surface area contributed by atoms with E-state index < -0.39 is 5.82 Å². The summed E-state index contributed by atoms with van der Waals surface area (Å²) in [6.07, 6.45) is 1.78. The Bertz CT molecular complexity index is 1430. The molecule has 0 spiro atoms. The highest BCUT2D eigenvalue weighted by Crippen LogP contribution is 2.44. The van der Waals surface area contributed by atoms with Crippen molar-refractivity contribution in [1.29, 1.82) is 0 Å². The van der Waals surface area contributed by atoms with Gasteiger partial charge in [0.2, 0.25) is 0 Å². The van der Waals surface area contributed by atoms with E-state index in [1.807, 2.05) is 0 Å². The van der Waals surface area contributed by atoms with Gasteiger partial charge < -0.3 is 29.9 Å². The largest absolute Gasteiger partial charge is 0.507 e. The van der Waals surface area contributed by atoms with Crippen LogP contribution in [-0.4, -0.2) is 93.6 Å². The van der Waals surface area contributed by atoms with Crippen LogP contribution in [0.3, 0.4) is 0 Å². The number of halogens is 2. The average Bonchev–Trinajstić information content (AvgIpc) is 3.32. The Hall–Kier alpha value is -3.60. The molecule has 2 amide bonds. The zero-order valence-electron chi connectivity index (χ0n) is 22.4. The van der Waals surface area contributed by atoms with Crippen molar-refractivity contribution in [3.8, 4) is 28.1 Å². The zero-order chi connectivity index (χ0) is 27.8. The monoisotopic (exact) mass is 566 g/mol. The SMILES string of the molecule is CN1CCN(c2ccc(-c3cc(F)cc(-c4ncc(N5CCOCC5)cc4N4CCNCC4)c3O)cc2Cl)C1=O. The predicted molar refractivity (Wildman–Crippen MR) is 155 cm³/mol. The van der Waals surface area contributed by atoms with E-state index >= 15 is 4.39 Å². The third-order valence-electron chi connectivity index (χ3n) is 7.78. The van der Waals surface area contributed by atoms with Crippen molar-refractivity contribution in [3.63, 3.8) is 0 Å². The Kier molecular flexibility index (Phi) is 7.39. The molecule has 3 aliphatic heterocycles. The molecule has 3 fully saturated rings. The van der Waals surface area contributed by atoms with Crippen molar-refractivity contribution in [1.82, 2.24) is 15.2 Å². The van der Waals surface area contributed by atoms with Crippen LogP contribution >= 0.6 is 11.6 Å². The predicted octanol–water partition coefficient (Wildman–Crippen LogP) is 4.03. The van der Waals surface area contributed by atoms with Gasteiger partial charge in [0, 0.05) is 70.5 Å². The molecule has 2 N–H and O–H groups in total. The number of hydrogen-bond acceptors (Lipinski definition) is 7. The number of pyridine rings is 1. The summed E-state index contributed by atoms with van der Waals surface area (Å²) < 4.78 is 20.7. The zero-order valence-corrected chi connectivity index (χ0v) is 23.1. The van der Waals surface area contributed by atoms with Gasteiger partial charge in [0.1, 0.15) is 11.6 Å². The number of amides is 2. The number of aromatic hydroxyl groups is 1. The van der Waals surface area contributed by atoms with Gasteiger partial charge in [0.25, 0.3) is 0 Å². The molecule has 0 saturated carbocycles. The standard InChI is InChI=1S/C29H32ClFN6O3/c1-34-8-9-37(29(34)39)25-3-2-19(14-24(25)30)22-15-20(31)16-23(28(22)38)27-26(36-6-4-32-5-7-36)17-21(18-33-27)35-10-12-40-13-11-35/h2-3,14-18,32,38H,4-13H2,1H3. The molecule has 2 aromatic carbocycles. The number of rotatable bonds is 5. The van der Waals surface area contributed by atoms with Crippen LogP contribution in [0.15, 0.2) is 42.6 Å². The molecule has 4 heterocycles. The topological polar surface area (TPSA) is 84.4 Å². The van der Waals surface area contributed by atoms with Gasteiger partial charge in [-0.1, -0.05) is 17.7 Å². The number of piperazine rings is 1. The number of likely N-dealkylation sites (N-methyl/N-ethyl adjacent to an activating group) is 1. The molecular weight excluding hydrogens is 535 g/mol. The molecule has 0 atom stereocenters. The molecule has 0 bridgehead atoms. The van der Waals surface area contributed by atoms with Gasteiger partial charge in [-0.2, -0.15) is 0 Å². The van der Waals surface area contributed by atoms with Crippen LogP contribution in [0.2, 0.25) is 5.02 Å². The second-order valence-electron chi connectivity index (χ2n) is 10.3. The fourth-order valence-corrected chi connectivity index (χ4v) is 5.84. The second-order valence-corrected chi connectivity index (χ2v) is 10.7. The van der Waals surface area contributed by atoms with Gasteiger partial charge in [0.05, 0.1) is 47.2 Å². The molecule has 1 aromatic heterocycles. The lowest BCUT2D eigenvalue weighted by molar-refractivity contribution is 0.122. The number of carbonyl (C=O) groups excluding carboxylic acids is 1. The minimum absolute atomic E-state index is 0.0785.